The summed E-state index contributed by atoms with van der Waals surface area (Å²) in [5.41, 5.74) is 0.497. The fourth-order valence-electron chi connectivity index (χ4n) is 3.49. The first-order valence-corrected chi connectivity index (χ1v) is 7.77. The first kappa shape index (κ1) is 13.7. The molecular weight excluding hydrogens is 230 g/mol. The van der Waals surface area contributed by atoms with Crippen LogP contribution in [0.1, 0.15) is 44.9 Å². The van der Waals surface area contributed by atoms with E-state index in [1.165, 1.54) is 58.0 Å². The molecule has 1 aliphatic carbocycles. The van der Waals surface area contributed by atoms with Crippen molar-refractivity contribution in [2.24, 2.45) is 5.41 Å². The number of rotatable bonds is 4. The minimum atomic E-state index is 0.462. The Labute approximate surface area is 112 Å². The molecule has 2 aliphatic rings. The van der Waals surface area contributed by atoms with Crippen molar-refractivity contribution in [3.05, 3.63) is 0 Å². The summed E-state index contributed by atoms with van der Waals surface area (Å²) in [5, 5.41) is 0. The van der Waals surface area contributed by atoms with Crippen molar-refractivity contribution in [3.8, 4) is 0 Å². The van der Waals surface area contributed by atoms with Gasteiger partial charge in [-0.1, -0.05) is 19.3 Å². The van der Waals surface area contributed by atoms with Gasteiger partial charge in [0, 0.05) is 20.2 Å². The second kappa shape index (κ2) is 6.44. The lowest BCUT2D eigenvalue weighted by Crippen LogP contribution is -2.46. The Morgan fingerprint density at radius 1 is 1.24 bits per heavy atom. The molecule has 3 heteroatoms. The third kappa shape index (κ3) is 3.62. The lowest BCUT2D eigenvalue weighted by molar-refractivity contribution is 0.0114. The molecule has 1 atom stereocenters. The van der Waals surface area contributed by atoms with E-state index in [4.69, 9.17) is 4.74 Å². The Kier molecular flexibility index (Phi) is 5.19. The smallest absolute Gasteiger partial charge is 0.0698 e. The minimum Gasteiger partial charge on any atom is -0.380 e. The average Bonchev–Trinajstić information content (AvgIpc) is 2.40. The number of hydrogen-bond acceptors (Lipinski definition) is 3. The van der Waals surface area contributed by atoms with Gasteiger partial charge in [0.2, 0.25) is 0 Å². The number of piperidine rings is 1. The van der Waals surface area contributed by atoms with Crippen LogP contribution in [0.4, 0.5) is 0 Å². The van der Waals surface area contributed by atoms with E-state index in [0.717, 1.165) is 12.3 Å². The molecule has 100 valence electrons. The molecule has 2 fully saturated rings. The maximum atomic E-state index is 5.52. The quantitative estimate of drug-likeness (QED) is 0.777. The van der Waals surface area contributed by atoms with Crippen molar-refractivity contribution in [2.45, 2.75) is 51.0 Å². The van der Waals surface area contributed by atoms with Crippen LogP contribution in [0.2, 0.25) is 0 Å². The summed E-state index contributed by atoms with van der Waals surface area (Å²) in [7, 11) is 1.85. The fraction of sp³-hybridized carbons (Fsp3) is 1.00. The highest BCUT2D eigenvalue weighted by Crippen LogP contribution is 2.38. The largest absolute Gasteiger partial charge is 0.380 e. The molecule has 1 unspecified atom stereocenters. The summed E-state index contributed by atoms with van der Waals surface area (Å²) in [6.07, 6.45) is 9.99. The van der Waals surface area contributed by atoms with Gasteiger partial charge in [0.05, 0.1) is 6.10 Å². The zero-order chi connectivity index (χ0) is 12.1. The Balaban J connectivity index is 1.88. The Bertz CT molecular complexity index is 228. The summed E-state index contributed by atoms with van der Waals surface area (Å²) in [5.74, 6) is 1.06. The van der Waals surface area contributed by atoms with E-state index in [1.807, 2.05) is 7.11 Å². The fourth-order valence-corrected chi connectivity index (χ4v) is 3.91. The van der Waals surface area contributed by atoms with Crippen LogP contribution >= 0.6 is 12.6 Å². The molecular formula is C14H27NOS. The Morgan fingerprint density at radius 3 is 2.65 bits per heavy atom. The first-order valence-electron chi connectivity index (χ1n) is 7.14. The van der Waals surface area contributed by atoms with E-state index in [9.17, 15) is 0 Å². The molecule has 1 saturated carbocycles. The van der Waals surface area contributed by atoms with E-state index < -0.39 is 0 Å². The summed E-state index contributed by atoms with van der Waals surface area (Å²) >= 11 is 4.64. The van der Waals surface area contributed by atoms with Crippen molar-refractivity contribution in [2.75, 3.05) is 32.5 Å². The molecule has 2 rings (SSSR count). The third-order valence-corrected chi connectivity index (χ3v) is 5.28. The van der Waals surface area contributed by atoms with Gasteiger partial charge in [0.15, 0.2) is 0 Å². The van der Waals surface area contributed by atoms with Crippen LogP contribution in [-0.4, -0.2) is 43.5 Å². The Morgan fingerprint density at radius 2 is 2.00 bits per heavy atom. The standard InChI is InChI=1S/C14H27NOS/c1-16-13-6-5-9-15(10-13)11-14(12-17)7-3-2-4-8-14/h13,17H,2-12H2,1H3. The van der Waals surface area contributed by atoms with Crippen molar-refractivity contribution in [3.63, 3.8) is 0 Å². The number of methoxy groups -OCH3 is 1. The van der Waals surface area contributed by atoms with Crippen molar-refractivity contribution < 1.29 is 4.74 Å². The lowest BCUT2D eigenvalue weighted by Gasteiger charge is -2.42. The summed E-state index contributed by atoms with van der Waals surface area (Å²) < 4.78 is 5.52. The molecule has 0 aromatic rings. The maximum absolute atomic E-state index is 5.52. The molecule has 0 aromatic heterocycles. The van der Waals surface area contributed by atoms with Gasteiger partial charge in [-0.25, -0.2) is 0 Å². The number of nitrogens with zero attached hydrogens (tertiary/aromatic N) is 1. The second-order valence-electron chi connectivity index (χ2n) is 5.95. The first-order chi connectivity index (χ1) is 8.28. The van der Waals surface area contributed by atoms with Gasteiger partial charge in [0.1, 0.15) is 0 Å². The van der Waals surface area contributed by atoms with Crippen LogP contribution in [0.15, 0.2) is 0 Å². The van der Waals surface area contributed by atoms with E-state index in [1.54, 1.807) is 0 Å². The van der Waals surface area contributed by atoms with Crippen molar-refractivity contribution in [1.29, 1.82) is 0 Å². The van der Waals surface area contributed by atoms with Gasteiger partial charge < -0.3 is 9.64 Å². The molecule has 0 amide bonds. The highest BCUT2D eigenvalue weighted by Gasteiger charge is 2.34. The normalized spacial score (nSPS) is 30.4. The van der Waals surface area contributed by atoms with Gasteiger partial charge in [-0.05, 0) is 43.4 Å². The summed E-state index contributed by atoms with van der Waals surface area (Å²) in [6.45, 7) is 3.64. The Hall–Kier alpha value is 0.270. The van der Waals surface area contributed by atoms with Crippen LogP contribution in [0, 0.1) is 5.41 Å². The minimum absolute atomic E-state index is 0.462. The molecule has 0 spiro atoms. The third-order valence-electron chi connectivity index (χ3n) is 4.60. The predicted octanol–water partition coefficient (Wildman–Crippen LogP) is 2.98. The molecule has 1 saturated heterocycles. The van der Waals surface area contributed by atoms with Gasteiger partial charge in [-0.3, -0.25) is 0 Å². The maximum Gasteiger partial charge on any atom is 0.0698 e. The molecule has 2 nitrogen and oxygen atoms in total. The molecule has 1 aliphatic heterocycles. The molecule has 1 heterocycles. The highest BCUT2D eigenvalue weighted by atomic mass is 32.1. The molecule has 17 heavy (non-hydrogen) atoms. The van der Waals surface area contributed by atoms with Gasteiger partial charge in [0.25, 0.3) is 0 Å². The van der Waals surface area contributed by atoms with Gasteiger partial charge in [-0.2, -0.15) is 12.6 Å². The molecule has 0 bridgehead atoms. The van der Waals surface area contributed by atoms with Crippen LogP contribution < -0.4 is 0 Å². The summed E-state index contributed by atoms with van der Waals surface area (Å²) in [6, 6.07) is 0. The van der Waals surface area contributed by atoms with Crippen LogP contribution in [-0.2, 0) is 4.74 Å². The summed E-state index contributed by atoms with van der Waals surface area (Å²) in [4.78, 5) is 2.62. The van der Waals surface area contributed by atoms with E-state index in [-0.39, 0.29) is 0 Å². The molecule has 0 radical (unpaired) electrons. The molecule has 0 N–H and O–H groups in total. The topological polar surface area (TPSA) is 12.5 Å². The van der Waals surface area contributed by atoms with Crippen molar-refractivity contribution >= 4 is 12.6 Å². The number of thiol groups is 1. The van der Waals surface area contributed by atoms with E-state index in [2.05, 4.69) is 17.5 Å². The average molecular weight is 257 g/mol. The zero-order valence-electron chi connectivity index (χ0n) is 11.2. The van der Waals surface area contributed by atoms with E-state index in [0.29, 0.717) is 11.5 Å². The van der Waals surface area contributed by atoms with Crippen LogP contribution in [0.3, 0.4) is 0 Å². The zero-order valence-corrected chi connectivity index (χ0v) is 12.1. The van der Waals surface area contributed by atoms with Crippen LogP contribution in [0.5, 0.6) is 0 Å². The van der Waals surface area contributed by atoms with Gasteiger partial charge in [-0.15, -0.1) is 0 Å². The van der Waals surface area contributed by atoms with E-state index >= 15 is 0 Å². The van der Waals surface area contributed by atoms with Crippen LogP contribution in [0.25, 0.3) is 0 Å². The monoisotopic (exact) mass is 257 g/mol. The number of hydrogen-bond donors (Lipinski definition) is 1. The highest BCUT2D eigenvalue weighted by molar-refractivity contribution is 7.80. The number of ether oxygens (including phenoxy) is 1. The lowest BCUT2D eigenvalue weighted by atomic mass is 9.75. The number of likely N-dealkylation sites (tertiary alicyclic amines) is 1. The second-order valence-corrected chi connectivity index (χ2v) is 6.27. The predicted molar refractivity (Wildman–Crippen MR) is 75.8 cm³/mol. The molecule has 0 aromatic carbocycles. The SMILES string of the molecule is COC1CCCN(CC2(CS)CCCCC2)C1. The van der Waals surface area contributed by atoms with Crippen molar-refractivity contribution in [1.82, 2.24) is 4.90 Å². The van der Waals surface area contributed by atoms with Gasteiger partial charge >= 0.3 is 0 Å².